The van der Waals surface area contributed by atoms with Crippen LogP contribution in [0.15, 0.2) is 53.3 Å². The van der Waals surface area contributed by atoms with Crippen LogP contribution in [-0.2, 0) is 6.54 Å². The zero-order valence-corrected chi connectivity index (χ0v) is 18.2. The van der Waals surface area contributed by atoms with Gasteiger partial charge in [0.25, 0.3) is 0 Å². The molecule has 1 aromatic heterocycles. The molecule has 5 heteroatoms. The second kappa shape index (κ2) is 8.92. The van der Waals surface area contributed by atoms with Gasteiger partial charge in [-0.15, -0.1) is 0 Å². The van der Waals surface area contributed by atoms with Crippen LogP contribution < -0.4 is 20.0 Å². The number of para-hydroxylation sites is 1. The van der Waals surface area contributed by atoms with E-state index in [4.69, 9.17) is 4.74 Å². The van der Waals surface area contributed by atoms with Crippen molar-refractivity contribution in [1.29, 1.82) is 0 Å². The van der Waals surface area contributed by atoms with E-state index in [0.29, 0.717) is 12.5 Å². The van der Waals surface area contributed by atoms with Crippen LogP contribution in [0.3, 0.4) is 0 Å². The summed E-state index contributed by atoms with van der Waals surface area (Å²) >= 11 is 0. The van der Waals surface area contributed by atoms with Gasteiger partial charge in [0.05, 0.1) is 38.3 Å². The molecule has 0 amide bonds. The Kier molecular flexibility index (Phi) is 6.09. The lowest BCUT2D eigenvalue weighted by Crippen LogP contribution is -3.13. The molecule has 0 atom stereocenters. The van der Waals surface area contributed by atoms with Crippen LogP contribution in [0.2, 0.25) is 0 Å². The number of ether oxygens (including phenoxy) is 1. The summed E-state index contributed by atoms with van der Waals surface area (Å²) in [4.78, 5) is 20.6. The van der Waals surface area contributed by atoms with Gasteiger partial charge in [0, 0.05) is 22.3 Å². The van der Waals surface area contributed by atoms with Gasteiger partial charge in [-0.1, -0.05) is 32.0 Å². The molecule has 0 unspecified atom stereocenters. The zero-order valence-electron chi connectivity index (χ0n) is 18.2. The van der Waals surface area contributed by atoms with Gasteiger partial charge >= 0.3 is 0 Å². The molecule has 158 valence electrons. The van der Waals surface area contributed by atoms with E-state index in [2.05, 4.69) is 54.1 Å². The number of quaternary nitrogens is 1. The van der Waals surface area contributed by atoms with Gasteiger partial charge in [-0.3, -0.25) is 4.79 Å². The number of hydrogen-bond donors (Lipinski definition) is 2. The number of H-pyrrole nitrogens is 1. The highest BCUT2D eigenvalue weighted by atomic mass is 16.5. The third-order valence-corrected chi connectivity index (χ3v) is 5.89. The molecule has 30 heavy (non-hydrogen) atoms. The highest BCUT2D eigenvalue weighted by Crippen LogP contribution is 2.19. The van der Waals surface area contributed by atoms with Crippen molar-refractivity contribution in [3.63, 3.8) is 0 Å². The molecule has 3 aromatic rings. The lowest BCUT2D eigenvalue weighted by Gasteiger charge is -2.33. The van der Waals surface area contributed by atoms with Crippen molar-refractivity contribution in [2.75, 3.05) is 37.7 Å². The van der Waals surface area contributed by atoms with Crippen LogP contribution in [0.25, 0.3) is 10.9 Å². The molecule has 0 aliphatic carbocycles. The third-order valence-electron chi connectivity index (χ3n) is 5.89. The first-order valence-corrected chi connectivity index (χ1v) is 10.9. The quantitative estimate of drug-likeness (QED) is 0.662. The number of aryl methyl sites for hydroxylation is 1. The molecule has 4 rings (SSSR count). The van der Waals surface area contributed by atoms with Crippen LogP contribution in [-0.4, -0.2) is 37.8 Å². The lowest BCUT2D eigenvalue weighted by molar-refractivity contribution is -0.914. The minimum absolute atomic E-state index is 0.134. The molecule has 5 nitrogen and oxygen atoms in total. The fourth-order valence-corrected chi connectivity index (χ4v) is 4.14. The molecule has 0 saturated carbocycles. The molecule has 2 heterocycles. The van der Waals surface area contributed by atoms with Gasteiger partial charge in [-0.2, -0.15) is 0 Å². The molecule has 0 bridgehead atoms. The summed E-state index contributed by atoms with van der Waals surface area (Å²) in [7, 11) is 0. The van der Waals surface area contributed by atoms with Crippen molar-refractivity contribution < 1.29 is 9.64 Å². The largest absolute Gasteiger partial charge is 0.493 e. The Balaban J connectivity index is 1.50. The maximum atomic E-state index is 13.3. The Labute approximate surface area is 178 Å². The van der Waals surface area contributed by atoms with Crippen molar-refractivity contribution >= 4 is 16.6 Å². The summed E-state index contributed by atoms with van der Waals surface area (Å²) in [5, 5.41) is 0.721. The van der Waals surface area contributed by atoms with Gasteiger partial charge < -0.3 is 19.5 Å². The van der Waals surface area contributed by atoms with Crippen LogP contribution in [0.5, 0.6) is 5.75 Å². The number of aromatic amines is 1. The van der Waals surface area contributed by atoms with Crippen LogP contribution in [0.1, 0.15) is 25.1 Å². The second-order valence-corrected chi connectivity index (χ2v) is 8.72. The molecular formula is C25H32N3O2+. The first-order chi connectivity index (χ1) is 14.5. The summed E-state index contributed by atoms with van der Waals surface area (Å²) in [5.74, 6) is 1.21. The summed E-state index contributed by atoms with van der Waals surface area (Å²) < 4.78 is 5.84. The lowest BCUT2D eigenvalue weighted by atomic mass is 10.1. The smallest absolute Gasteiger partial charge is 0.198 e. The summed E-state index contributed by atoms with van der Waals surface area (Å²) in [6.07, 6.45) is 0. The van der Waals surface area contributed by atoms with E-state index < -0.39 is 0 Å². The molecule has 2 N–H and O–H groups in total. The molecular weight excluding hydrogens is 374 g/mol. The number of hydrogen-bond acceptors (Lipinski definition) is 3. The summed E-state index contributed by atoms with van der Waals surface area (Å²) in [6.45, 7) is 11.7. The van der Waals surface area contributed by atoms with Crippen molar-refractivity contribution in [2.24, 2.45) is 5.92 Å². The Hall–Kier alpha value is -2.79. The number of aromatic nitrogens is 1. The normalized spacial score (nSPS) is 15.1. The molecule has 0 radical (unpaired) electrons. The van der Waals surface area contributed by atoms with E-state index in [-0.39, 0.29) is 5.43 Å². The van der Waals surface area contributed by atoms with Gasteiger partial charge in [-0.25, -0.2) is 0 Å². The number of fused-ring (bicyclic) bond motifs is 1. The van der Waals surface area contributed by atoms with Crippen LogP contribution >= 0.6 is 0 Å². The van der Waals surface area contributed by atoms with Crippen molar-refractivity contribution in [1.82, 2.24) is 4.98 Å². The number of benzene rings is 2. The van der Waals surface area contributed by atoms with Gasteiger partial charge in [0.15, 0.2) is 5.43 Å². The van der Waals surface area contributed by atoms with E-state index in [9.17, 15) is 4.79 Å². The Morgan fingerprint density at radius 3 is 2.53 bits per heavy atom. The molecule has 0 spiro atoms. The fraction of sp³-hybridized carbons (Fsp3) is 0.400. The number of rotatable bonds is 6. The topological polar surface area (TPSA) is 49.8 Å². The van der Waals surface area contributed by atoms with E-state index in [0.717, 1.165) is 60.6 Å². The van der Waals surface area contributed by atoms with Crippen LogP contribution in [0, 0.1) is 12.8 Å². The number of nitrogens with one attached hydrogen (secondary N) is 2. The molecule has 1 aliphatic heterocycles. The highest BCUT2D eigenvalue weighted by molar-refractivity contribution is 5.81. The Morgan fingerprint density at radius 1 is 1.10 bits per heavy atom. The average molecular weight is 407 g/mol. The Bertz CT molecular complexity index is 1050. The van der Waals surface area contributed by atoms with Gasteiger partial charge in [-0.05, 0) is 43.2 Å². The monoisotopic (exact) mass is 406 g/mol. The molecule has 2 aromatic carbocycles. The molecule has 1 saturated heterocycles. The third kappa shape index (κ3) is 4.51. The number of anilines is 1. The number of pyridine rings is 1. The van der Waals surface area contributed by atoms with E-state index in [1.807, 2.05) is 25.1 Å². The SMILES string of the molecule is Cc1[nH]c2ccc(OCC(C)C)cc2c(=O)c1C[NH+]1CCN(c2ccccc2)CC1. The minimum atomic E-state index is 0.134. The molecule has 1 fully saturated rings. The van der Waals surface area contributed by atoms with Crippen molar-refractivity contribution in [3.05, 3.63) is 70.0 Å². The molecule has 1 aliphatic rings. The second-order valence-electron chi connectivity index (χ2n) is 8.72. The zero-order chi connectivity index (χ0) is 21.1. The standard InChI is InChI=1S/C25H31N3O2/c1-18(2)17-30-21-9-10-24-22(15-21)25(29)23(19(3)26-24)16-27-11-13-28(14-12-27)20-7-5-4-6-8-20/h4-10,15,18H,11-14,16-17H2,1-3H3,(H,26,29)/p+1. The number of nitrogens with zero attached hydrogens (tertiary/aromatic N) is 1. The highest BCUT2D eigenvalue weighted by Gasteiger charge is 2.22. The van der Waals surface area contributed by atoms with E-state index >= 15 is 0 Å². The van der Waals surface area contributed by atoms with Crippen LogP contribution in [0.4, 0.5) is 5.69 Å². The minimum Gasteiger partial charge on any atom is -0.493 e. The van der Waals surface area contributed by atoms with Crippen molar-refractivity contribution in [3.8, 4) is 5.75 Å². The van der Waals surface area contributed by atoms with E-state index in [1.165, 1.54) is 10.6 Å². The van der Waals surface area contributed by atoms with Gasteiger partial charge in [0.1, 0.15) is 12.3 Å². The van der Waals surface area contributed by atoms with Gasteiger partial charge in [0.2, 0.25) is 0 Å². The predicted molar refractivity (Wildman–Crippen MR) is 123 cm³/mol. The first-order valence-electron chi connectivity index (χ1n) is 10.9. The average Bonchev–Trinajstić information content (AvgIpc) is 2.76. The van der Waals surface area contributed by atoms with Crippen molar-refractivity contribution in [2.45, 2.75) is 27.3 Å². The summed E-state index contributed by atoms with van der Waals surface area (Å²) in [5.41, 5.74) is 4.16. The maximum absolute atomic E-state index is 13.3. The fourth-order valence-electron chi connectivity index (χ4n) is 4.14. The maximum Gasteiger partial charge on any atom is 0.198 e. The first kappa shape index (κ1) is 20.5. The Morgan fingerprint density at radius 2 is 1.83 bits per heavy atom. The number of piperazine rings is 1. The predicted octanol–water partition coefficient (Wildman–Crippen LogP) is 2.78. The van der Waals surface area contributed by atoms with E-state index in [1.54, 1.807) is 0 Å². The summed E-state index contributed by atoms with van der Waals surface area (Å²) in [6, 6.07) is 16.4.